The van der Waals surface area contributed by atoms with Crippen molar-refractivity contribution >= 4 is 10.0 Å². The third-order valence-electron chi connectivity index (χ3n) is 4.55. The number of methoxy groups -OCH3 is 5. The molecule has 166 valence electrons. The third-order valence-corrected chi connectivity index (χ3v) is 6.31. The quantitative estimate of drug-likeness (QED) is 0.470. The van der Waals surface area contributed by atoms with Crippen LogP contribution < -0.4 is 14.2 Å². The molecule has 9 heteroatoms. The number of hydrogen-bond acceptors (Lipinski definition) is 7. The molecule has 2 rings (SSSR count). The lowest BCUT2D eigenvalue weighted by Gasteiger charge is -2.26. The molecular formula is C21H29NO7S. The van der Waals surface area contributed by atoms with Crippen LogP contribution in [-0.4, -0.2) is 61.1 Å². The van der Waals surface area contributed by atoms with Gasteiger partial charge in [0, 0.05) is 20.8 Å². The summed E-state index contributed by atoms with van der Waals surface area (Å²) in [6.45, 7) is 0.105. The van der Waals surface area contributed by atoms with Crippen LogP contribution in [0.15, 0.2) is 42.5 Å². The van der Waals surface area contributed by atoms with Crippen molar-refractivity contribution in [3.8, 4) is 17.2 Å². The average Bonchev–Trinajstić information content (AvgIpc) is 2.76. The number of nitrogens with zero attached hydrogens (tertiary/aromatic N) is 1. The summed E-state index contributed by atoms with van der Waals surface area (Å²) in [6.07, 6.45) is -0.711. The van der Waals surface area contributed by atoms with Gasteiger partial charge < -0.3 is 23.7 Å². The zero-order valence-corrected chi connectivity index (χ0v) is 18.8. The van der Waals surface area contributed by atoms with Crippen molar-refractivity contribution in [3.05, 3.63) is 53.6 Å². The number of rotatable bonds is 12. The summed E-state index contributed by atoms with van der Waals surface area (Å²) >= 11 is 0. The second-order valence-corrected chi connectivity index (χ2v) is 8.44. The highest BCUT2D eigenvalue weighted by Crippen LogP contribution is 2.38. The summed E-state index contributed by atoms with van der Waals surface area (Å²) in [5.41, 5.74) is 1.37. The molecule has 0 aliphatic rings. The number of hydrogen-bond donors (Lipinski definition) is 0. The van der Waals surface area contributed by atoms with E-state index in [9.17, 15) is 8.42 Å². The van der Waals surface area contributed by atoms with Gasteiger partial charge in [-0.15, -0.1) is 0 Å². The Bertz CT molecular complexity index is 874. The van der Waals surface area contributed by atoms with Crippen molar-refractivity contribution in [2.45, 2.75) is 18.6 Å². The van der Waals surface area contributed by atoms with Gasteiger partial charge in [-0.2, -0.15) is 4.31 Å². The molecule has 0 saturated carbocycles. The molecule has 0 bridgehead atoms. The van der Waals surface area contributed by atoms with Crippen LogP contribution in [0.25, 0.3) is 0 Å². The van der Waals surface area contributed by atoms with Crippen molar-refractivity contribution in [2.24, 2.45) is 0 Å². The van der Waals surface area contributed by atoms with E-state index in [0.29, 0.717) is 28.4 Å². The summed E-state index contributed by atoms with van der Waals surface area (Å²) in [5.74, 6) is 1.19. The Morgan fingerprint density at radius 2 is 1.40 bits per heavy atom. The van der Waals surface area contributed by atoms with Crippen molar-refractivity contribution in [1.29, 1.82) is 0 Å². The van der Waals surface area contributed by atoms with Gasteiger partial charge in [-0.25, -0.2) is 8.42 Å². The van der Waals surface area contributed by atoms with Crippen molar-refractivity contribution < 1.29 is 32.1 Å². The molecule has 0 N–H and O–H groups in total. The van der Waals surface area contributed by atoms with Crippen LogP contribution >= 0.6 is 0 Å². The lowest BCUT2D eigenvalue weighted by atomic mass is 10.1. The molecule has 0 aliphatic carbocycles. The normalized spacial score (nSPS) is 11.7. The molecule has 0 atom stereocenters. The molecule has 0 heterocycles. The maximum atomic E-state index is 13.2. The molecule has 0 amide bonds. The Balaban J connectivity index is 2.40. The summed E-state index contributed by atoms with van der Waals surface area (Å²) in [4.78, 5) is 0. The lowest BCUT2D eigenvalue weighted by Crippen LogP contribution is -2.39. The first-order valence-electron chi connectivity index (χ1n) is 9.24. The van der Waals surface area contributed by atoms with Crippen LogP contribution in [-0.2, 0) is 31.8 Å². The van der Waals surface area contributed by atoms with Crippen molar-refractivity contribution in [2.75, 3.05) is 42.1 Å². The van der Waals surface area contributed by atoms with Crippen molar-refractivity contribution in [3.63, 3.8) is 0 Å². The summed E-state index contributed by atoms with van der Waals surface area (Å²) in [7, 11) is 3.79. The fraction of sp³-hybridized carbons (Fsp3) is 0.429. The van der Waals surface area contributed by atoms with E-state index in [1.165, 1.54) is 39.9 Å². The minimum absolute atomic E-state index is 0.0266. The fourth-order valence-corrected chi connectivity index (χ4v) is 4.49. The largest absolute Gasteiger partial charge is 0.493 e. The zero-order valence-electron chi connectivity index (χ0n) is 18.0. The highest BCUT2D eigenvalue weighted by atomic mass is 32.2. The van der Waals surface area contributed by atoms with E-state index >= 15 is 0 Å². The van der Waals surface area contributed by atoms with Gasteiger partial charge in [0.1, 0.15) is 0 Å². The standard InChI is InChI=1S/C21H29NO7S/c1-25-18-11-17(12-19(26-2)21(18)29-5)13-22(14-20(27-3)28-4)30(23,24)15-16-9-7-6-8-10-16/h6-12,20H,13-15H2,1-5H3. The Kier molecular flexibility index (Phi) is 8.91. The molecule has 0 aromatic heterocycles. The fourth-order valence-electron chi connectivity index (χ4n) is 2.99. The van der Waals surface area contributed by atoms with Gasteiger partial charge in [-0.1, -0.05) is 30.3 Å². The third kappa shape index (κ3) is 6.09. The first kappa shape index (κ1) is 23.9. The van der Waals surface area contributed by atoms with Gasteiger partial charge in [0.25, 0.3) is 0 Å². The Labute approximate surface area is 178 Å². The van der Waals surface area contributed by atoms with Gasteiger partial charge in [0.15, 0.2) is 17.8 Å². The predicted octanol–water partition coefficient (Wildman–Crippen LogP) is 2.66. The first-order chi connectivity index (χ1) is 14.4. The molecule has 2 aromatic rings. The minimum atomic E-state index is -3.68. The lowest BCUT2D eigenvalue weighted by molar-refractivity contribution is -0.108. The molecule has 30 heavy (non-hydrogen) atoms. The second kappa shape index (κ2) is 11.2. The van der Waals surface area contributed by atoms with Crippen molar-refractivity contribution in [1.82, 2.24) is 4.31 Å². The van der Waals surface area contributed by atoms with E-state index in [2.05, 4.69) is 0 Å². The maximum Gasteiger partial charge on any atom is 0.218 e. The average molecular weight is 440 g/mol. The Morgan fingerprint density at radius 1 is 0.833 bits per heavy atom. The molecule has 2 aromatic carbocycles. The molecule has 0 saturated heterocycles. The van der Waals surface area contributed by atoms with Crippen LogP contribution in [0.2, 0.25) is 0 Å². The zero-order chi connectivity index (χ0) is 22.1. The van der Waals surface area contributed by atoms with Gasteiger partial charge in [-0.05, 0) is 23.3 Å². The second-order valence-electron chi connectivity index (χ2n) is 6.47. The molecule has 0 aliphatic heterocycles. The molecule has 0 unspecified atom stereocenters. The SMILES string of the molecule is COc1cc(CN(CC(OC)OC)S(=O)(=O)Cc2ccccc2)cc(OC)c1OC. The van der Waals surface area contributed by atoms with E-state index in [4.69, 9.17) is 23.7 Å². The number of benzene rings is 2. The van der Waals surface area contributed by atoms with Crippen LogP contribution in [0, 0.1) is 0 Å². The monoisotopic (exact) mass is 439 g/mol. The smallest absolute Gasteiger partial charge is 0.218 e. The summed E-state index contributed by atoms with van der Waals surface area (Å²) < 4.78 is 54.4. The Hall–Kier alpha value is -2.33. The van der Waals surface area contributed by atoms with E-state index in [-0.39, 0.29) is 18.8 Å². The highest BCUT2D eigenvalue weighted by Gasteiger charge is 2.27. The van der Waals surface area contributed by atoms with E-state index in [1.807, 2.05) is 18.2 Å². The topological polar surface area (TPSA) is 83.5 Å². The first-order valence-corrected chi connectivity index (χ1v) is 10.9. The van der Waals surface area contributed by atoms with Crippen LogP contribution in [0.4, 0.5) is 0 Å². The molecule has 8 nitrogen and oxygen atoms in total. The van der Waals surface area contributed by atoms with Crippen LogP contribution in [0.1, 0.15) is 11.1 Å². The Morgan fingerprint density at radius 3 is 1.87 bits per heavy atom. The van der Waals surface area contributed by atoms with Gasteiger partial charge in [-0.3, -0.25) is 0 Å². The van der Waals surface area contributed by atoms with Gasteiger partial charge in [0.05, 0.1) is 33.6 Å². The number of sulfonamides is 1. The summed E-state index contributed by atoms with van der Waals surface area (Å²) in [5, 5.41) is 0. The maximum absolute atomic E-state index is 13.2. The van der Waals surface area contributed by atoms with Crippen LogP contribution in [0.5, 0.6) is 17.2 Å². The molecule has 0 radical (unpaired) electrons. The van der Waals surface area contributed by atoms with E-state index in [1.54, 1.807) is 24.3 Å². The molecular weight excluding hydrogens is 410 g/mol. The van der Waals surface area contributed by atoms with E-state index in [0.717, 1.165) is 0 Å². The van der Waals surface area contributed by atoms with E-state index < -0.39 is 16.3 Å². The summed E-state index contributed by atoms with van der Waals surface area (Å²) in [6, 6.07) is 12.5. The van der Waals surface area contributed by atoms with Gasteiger partial charge >= 0.3 is 0 Å². The highest BCUT2D eigenvalue weighted by molar-refractivity contribution is 7.88. The minimum Gasteiger partial charge on any atom is -0.493 e. The number of ether oxygens (including phenoxy) is 5. The molecule has 0 spiro atoms. The predicted molar refractivity (Wildman–Crippen MR) is 113 cm³/mol. The van der Waals surface area contributed by atoms with Crippen LogP contribution in [0.3, 0.4) is 0 Å². The van der Waals surface area contributed by atoms with Gasteiger partial charge in [0.2, 0.25) is 15.8 Å². The molecule has 0 fully saturated rings.